The van der Waals surface area contributed by atoms with Gasteiger partial charge < -0.3 is 15.4 Å². The van der Waals surface area contributed by atoms with Crippen LogP contribution in [0.2, 0.25) is 0 Å². The van der Waals surface area contributed by atoms with Crippen molar-refractivity contribution in [2.45, 2.75) is 13.8 Å². The van der Waals surface area contributed by atoms with Gasteiger partial charge in [-0.25, -0.2) is 4.39 Å². The van der Waals surface area contributed by atoms with Crippen LogP contribution in [0.5, 0.6) is 5.75 Å². The number of hydrogen-bond acceptors (Lipinski definition) is 3. The maximum atomic E-state index is 13.6. The molecule has 24 heavy (non-hydrogen) atoms. The van der Waals surface area contributed by atoms with Crippen molar-refractivity contribution < 1.29 is 18.7 Å². The molecule has 0 spiro atoms. The van der Waals surface area contributed by atoms with Crippen LogP contribution < -0.4 is 15.4 Å². The minimum atomic E-state index is -0.548. The quantitative estimate of drug-likeness (QED) is 0.808. The Hall–Kier alpha value is -2.41. The molecule has 2 amide bonds. The number of hydrogen-bond donors (Lipinski definition) is 2. The Morgan fingerprint density at radius 1 is 1.17 bits per heavy atom. The van der Waals surface area contributed by atoms with Gasteiger partial charge in [0.25, 0.3) is 5.91 Å². The first-order valence-electron chi connectivity index (χ1n) is 7.11. The number of halogens is 2. The van der Waals surface area contributed by atoms with Crippen LogP contribution in [-0.4, -0.2) is 18.4 Å². The third-order valence-corrected chi connectivity index (χ3v) is 3.57. The third-order valence-electron chi connectivity index (χ3n) is 3.07. The van der Waals surface area contributed by atoms with Crippen LogP contribution in [0, 0.1) is 12.7 Å². The number of carbonyl (C=O) groups excluding carboxylic acids is 2. The van der Waals surface area contributed by atoms with Crippen LogP contribution in [-0.2, 0) is 9.59 Å². The Kier molecular flexibility index (Phi) is 5.92. The largest absolute Gasteiger partial charge is 0.481 e. The van der Waals surface area contributed by atoms with Gasteiger partial charge in [-0.15, -0.1) is 0 Å². The zero-order valence-corrected chi connectivity index (χ0v) is 14.7. The van der Waals surface area contributed by atoms with Gasteiger partial charge in [-0.2, -0.15) is 0 Å². The van der Waals surface area contributed by atoms with Crippen LogP contribution in [0.1, 0.15) is 12.5 Å². The molecule has 126 valence electrons. The molecule has 0 bridgehead atoms. The monoisotopic (exact) mass is 394 g/mol. The third kappa shape index (κ3) is 5.06. The molecule has 0 heterocycles. The lowest BCUT2D eigenvalue weighted by molar-refractivity contribution is -0.118. The highest BCUT2D eigenvalue weighted by Gasteiger charge is 2.09. The Morgan fingerprint density at radius 3 is 2.54 bits per heavy atom. The molecule has 0 aliphatic heterocycles. The summed E-state index contributed by atoms with van der Waals surface area (Å²) in [6.45, 7) is 2.92. The van der Waals surface area contributed by atoms with Gasteiger partial charge in [0.1, 0.15) is 0 Å². The van der Waals surface area contributed by atoms with Gasteiger partial charge in [-0.3, -0.25) is 9.59 Å². The van der Waals surface area contributed by atoms with Gasteiger partial charge in [-0.05, 0) is 48.9 Å². The van der Waals surface area contributed by atoms with Gasteiger partial charge >= 0.3 is 0 Å². The van der Waals surface area contributed by atoms with E-state index >= 15 is 0 Å². The van der Waals surface area contributed by atoms with E-state index in [1.165, 1.54) is 19.1 Å². The van der Waals surface area contributed by atoms with Gasteiger partial charge in [0, 0.05) is 22.8 Å². The second-order valence-corrected chi connectivity index (χ2v) is 6.04. The van der Waals surface area contributed by atoms with Crippen LogP contribution in [0.25, 0.3) is 0 Å². The van der Waals surface area contributed by atoms with Crippen molar-refractivity contribution in [3.05, 3.63) is 52.3 Å². The predicted octanol–water partition coefficient (Wildman–Crippen LogP) is 3.87. The van der Waals surface area contributed by atoms with Crippen molar-refractivity contribution in [1.82, 2.24) is 0 Å². The van der Waals surface area contributed by atoms with Crippen molar-refractivity contribution >= 4 is 39.1 Å². The number of ether oxygens (including phenoxy) is 1. The molecule has 5 nitrogen and oxygen atoms in total. The predicted molar refractivity (Wildman–Crippen MR) is 93.7 cm³/mol. The van der Waals surface area contributed by atoms with Crippen molar-refractivity contribution in [2.75, 3.05) is 17.2 Å². The average molecular weight is 395 g/mol. The number of carbonyl (C=O) groups is 2. The lowest BCUT2D eigenvalue weighted by Crippen LogP contribution is -2.20. The molecule has 0 unspecified atom stereocenters. The lowest BCUT2D eigenvalue weighted by Gasteiger charge is -2.11. The number of nitrogens with one attached hydrogen (secondary N) is 2. The van der Waals surface area contributed by atoms with E-state index in [2.05, 4.69) is 26.6 Å². The van der Waals surface area contributed by atoms with Gasteiger partial charge in [-0.1, -0.05) is 15.9 Å². The molecule has 0 radical (unpaired) electrons. The van der Waals surface area contributed by atoms with E-state index in [0.717, 1.165) is 5.56 Å². The minimum absolute atomic E-state index is 0.00513. The molecule has 2 aromatic carbocycles. The smallest absolute Gasteiger partial charge is 0.262 e. The van der Waals surface area contributed by atoms with E-state index in [1.54, 1.807) is 24.3 Å². The van der Waals surface area contributed by atoms with Crippen molar-refractivity contribution in [1.29, 1.82) is 0 Å². The highest BCUT2D eigenvalue weighted by atomic mass is 79.9. The fourth-order valence-electron chi connectivity index (χ4n) is 2.00. The van der Waals surface area contributed by atoms with Crippen LogP contribution in [0.3, 0.4) is 0 Å². The van der Waals surface area contributed by atoms with E-state index in [-0.39, 0.29) is 18.3 Å². The van der Waals surface area contributed by atoms with E-state index in [0.29, 0.717) is 15.8 Å². The Labute approximate surface area is 147 Å². The lowest BCUT2D eigenvalue weighted by atomic mass is 10.1. The molecular formula is C17H16BrFN2O3. The van der Waals surface area contributed by atoms with Gasteiger partial charge in [0.15, 0.2) is 18.2 Å². The first kappa shape index (κ1) is 17.9. The molecule has 2 N–H and O–H groups in total. The zero-order chi connectivity index (χ0) is 17.7. The number of anilines is 2. The number of amides is 2. The Balaban J connectivity index is 1.94. The van der Waals surface area contributed by atoms with Gasteiger partial charge in [0.2, 0.25) is 5.91 Å². The van der Waals surface area contributed by atoms with E-state index in [1.807, 2.05) is 6.92 Å². The summed E-state index contributed by atoms with van der Waals surface area (Å²) in [5.74, 6) is -1.12. The number of rotatable bonds is 5. The second-order valence-electron chi connectivity index (χ2n) is 5.12. The maximum absolute atomic E-state index is 13.6. The van der Waals surface area contributed by atoms with E-state index < -0.39 is 11.7 Å². The SMILES string of the molecule is CC(=O)Nc1ccc(NC(=O)COc2ccc(Br)cc2F)cc1C. The minimum Gasteiger partial charge on any atom is -0.481 e. The molecule has 7 heteroatoms. The summed E-state index contributed by atoms with van der Waals surface area (Å²) in [6, 6.07) is 9.41. The van der Waals surface area contributed by atoms with Crippen LogP contribution >= 0.6 is 15.9 Å². The van der Waals surface area contributed by atoms with Gasteiger partial charge in [0.05, 0.1) is 0 Å². The van der Waals surface area contributed by atoms with Crippen molar-refractivity contribution in [3.8, 4) is 5.75 Å². The molecule has 2 aromatic rings. The zero-order valence-electron chi connectivity index (χ0n) is 13.2. The molecule has 0 aliphatic rings. The average Bonchev–Trinajstić information content (AvgIpc) is 2.49. The Bertz CT molecular complexity index is 780. The topological polar surface area (TPSA) is 67.4 Å². The molecule has 0 saturated carbocycles. The first-order chi connectivity index (χ1) is 11.3. The van der Waals surface area contributed by atoms with E-state index in [9.17, 15) is 14.0 Å². The van der Waals surface area contributed by atoms with Crippen LogP contribution in [0.4, 0.5) is 15.8 Å². The summed E-state index contributed by atoms with van der Waals surface area (Å²) in [6.07, 6.45) is 0. The van der Waals surface area contributed by atoms with Crippen molar-refractivity contribution in [3.63, 3.8) is 0 Å². The molecule has 0 atom stereocenters. The number of benzene rings is 2. The summed E-state index contributed by atoms with van der Waals surface area (Å²) in [4.78, 5) is 23.0. The van der Waals surface area contributed by atoms with Crippen molar-refractivity contribution in [2.24, 2.45) is 0 Å². The summed E-state index contributed by atoms with van der Waals surface area (Å²) in [5.41, 5.74) is 2.04. The second kappa shape index (κ2) is 7.92. The molecule has 0 aliphatic carbocycles. The summed E-state index contributed by atoms with van der Waals surface area (Å²) in [7, 11) is 0. The normalized spacial score (nSPS) is 10.2. The molecule has 2 rings (SSSR count). The highest BCUT2D eigenvalue weighted by molar-refractivity contribution is 9.10. The molecule has 0 fully saturated rings. The fourth-order valence-corrected chi connectivity index (χ4v) is 2.34. The fraction of sp³-hybridized carbons (Fsp3) is 0.176. The molecular weight excluding hydrogens is 379 g/mol. The molecule has 0 aromatic heterocycles. The summed E-state index contributed by atoms with van der Waals surface area (Å²) in [5, 5.41) is 5.35. The molecule has 0 saturated heterocycles. The number of aryl methyl sites for hydroxylation is 1. The van der Waals surface area contributed by atoms with Crippen LogP contribution in [0.15, 0.2) is 40.9 Å². The Morgan fingerprint density at radius 2 is 1.92 bits per heavy atom. The standard InChI is InChI=1S/C17H16BrFN2O3/c1-10-7-13(4-5-15(10)20-11(2)22)21-17(23)9-24-16-6-3-12(18)8-14(16)19/h3-8H,9H2,1-2H3,(H,20,22)(H,21,23). The summed E-state index contributed by atoms with van der Waals surface area (Å²) < 4.78 is 19.4. The summed E-state index contributed by atoms with van der Waals surface area (Å²) >= 11 is 3.15. The van der Waals surface area contributed by atoms with E-state index in [4.69, 9.17) is 4.74 Å². The maximum Gasteiger partial charge on any atom is 0.262 e. The first-order valence-corrected chi connectivity index (χ1v) is 7.90. The highest BCUT2D eigenvalue weighted by Crippen LogP contribution is 2.22.